The summed E-state index contributed by atoms with van der Waals surface area (Å²) in [6.07, 6.45) is 0.0928. The fourth-order valence-corrected chi connectivity index (χ4v) is 5.33. The maximum absolute atomic E-state index is 13.4. The first-order valence-electron chi connectivity index (χ1n) is 9.97. The van der Waals surface area contributed by atoms with Gasteiger partial charge in [0, 0.05) is 6.42 Å². The highest BCUT2D eigenvalue weighted by molar-refractivity contribution is 7.91. The van der Waals surface area contributed by atoms with Crippen molar-refractivity contribution in [2.45, 2.75) is 28.6 Å². The number of hydrogen-bond donors (Lipinski definition) is 1. The molecule has 0 saturated carbocycles. The van der Waals surface area contributed by atoms with E-state index in [0.29, 0.717) is 0 Å². The molecule has 32 heavy (non-hydrogen) atoms. The lowest BCUT2D eigenvalue weighted by atomic mass is 9.90. The highest BCUT2D eigenvalue weighted by atomic mass is 32.2. The molecule has 7 nitrogen and oxygen atoms in total. The minimum absolute atomic E-state index is 0.0155. The summed E-state index contributed by atoms with van der Waals surface area (Å²) in [5.41, 5.74) is 2.02. The van der Waals surface area contributed by atoms with Crippen LogP contribution < -0.4 is 4.74 Å². The molecule has 1 atom stereocenters. The van der Waals surface area contributed by atoms with E-state index in [0.717, 1.165) is 16.9 Å². The Morgan fingerprint density at radius 2 is 1.50 bits per heavy atom. The van der Waals surface area contributed by atoms with Crippen LogP contribution in [0, 0.1) is 0 Å². The summed E-state index contributed by atoms with van der Waals surface area (Å²) in [7, 11) is -2.35. The third-order valence-corrected chi connectivity index (χ3v) is 7.41. The van der Waals surface area contributed by atoms with Crippen molar-refractivity contribution in [3.05, 3.63) is 78.4 Å². The Kier molecular flexibility index (Phi) is 5.82. The van der Waals surface area contributed by atoms with Gasteiger partial charge < -0.3 is 4.74 Å². The smallest absolute Gasteiger partial charge is 0.260 e. The molecule has 3 aromatic carbocycles. The lowest BCUT2D eigenvalue weighted by Crippen LogP contribution is -2.42. The Hall–Kier alpha value is -3.49. The third kappa shape index (κ3) is 3.90. The van der Waals surface area contributed by atoms with E-state index in [2.05, 4.69) is 0 Å². The summed E-state index contributed by atoms with van der Waals surface area (Å²) >= 11 is 0. The normalized spacial score (nSPS) is 16.8. The number of hydroxylamine groups is 2. The van der Waals surface area contributed by atoms with Crippen LogP contribution >= 0.6 is 0 Å². The summed E-state index contributed by atoms with van der Waals surface area (Å²) < 4.78 is 32.0. The predicted octanol–water partition coefficient (Wildman–Crippen LogP) is 3.82. The molecular weight excluding hydrogens is 430 g/mol. The second-order valence-corrected chi connectivity index (χ2v) is 9.35. The summed E-state index contributed by atoms with van der Waals surface area (Å²) in [6.45, 7) is 0. The number of carbonyl (C=O) groups excluding carboxylic acids is 2. The first-order valence-corrected chi connectivity index (χ1v) is 11.5. The van der Waals surface area contributed by atoms with E-state index in [1.54, 1.807) is 37.4 Å². The van der Waals surface area contributed by atoms with Crippen LogP contribution in [0.1, 0.15) is 24.3 Å². The van der Waals surface area contributed by atoms with Crippen LogP contribution in [0.5, 0.6) is 5.75 Å². The SMILES string of the molecule is COc1ccc(-c2ccc(S(=O)(=O)c3ccccc3C3CCC(=O)N(O)C3=O)cc2)cc1. The second kappa shape index (κ2) is 8.57. The molecule has 0 aromatic heterocycles. The van der Waals surface area contributed by atoms with E-state index in [4.69, 9.17) is 4.74 Å². The Labute approximate surface area is 185 Å². The molecule has 1 N–H and O–H groups in total. The average molecular weight is 452 g/mol. The van der Waals surface area contributed by atoms with Gasteiger partial charge in [-0.3, -0.25) is 14.8 Å². The van der Waals surface area contributed by atoms with Crippen LogP contribution in [0.3, 0.4) is 0 Å². The molecule has 0 bridgehead atoms. The number of piperidine rings is 1. The number of benzene rings is 3. The number of imide groups is 1. The highest BCUT2D eigenvalue weighted by Crippen LogP contribution is 2.35. The summed E-state index contributed by atoms with van der Waals surface area (Å²) in [5.74, 6) is -1.70. The summed E-state index contributed by atoms with van der Waals surface area (Å²) in [4.78, 5) is 24.1. The fraction of sp³-hybridized carbons (Fsp3) is 0.167. The zero-order valence-corrected chi connectivity index (χ0v) is 18.1. The van der Waals surface area contributed by atoms with Crippen LogP contribution in [-0.4, -0.2) is 37.6 Å². The van der Waals surface area contributed by atoms with Crippen LogP contribution in [0.4, 0.5) is 0 Å². The van der Waals surface area contributed by atoms with Gasteiger partial charge in [-0.1, -0.05) is 42.5 Å². The largest absolute Gasteiger partial charge is 0.497 e. The summed E-state index contributed by atoms with van der Waals surface area (Å²) in [5, 5.41) is 9.82. The Bertz CT molecular complexity index is 1270. The van der Waals surface area contributed by atoms with Crippen LogP contribution in [0.25, 0.3) is 11.1 Å². The standard InChI is InChI=1S/C24H21NO6S/c1-31-18-10-6-16(7-11-18)17-8-12-19(13-9-17)32(29,30)22-5-3-2-4-20(22)21-14-15-23(26)25(28)24(21)27/h2-13,21,28H,14-15H2,1H3. The molecule has 0 aliphatic carbocycles. The lowest BCUT2D eigenvalue weighted by Gasteiger charge is -2.27. The Morgan fingerprint density at radius 3 is 2.12 bits per heavy atom. The van der Waals surface area contributed by atoms with Crippen molar-refractivity contribution in [1.29, 1.82) is 0 Å². The van der Waals surface area contributed by atoms with E-state index in [1.807, 2.05) is 24.3 Å². The minimum atomic E-state index is -3.94. The molecule has 0 radical (unpaired) electrons. The highest BCUT2D eigenvalue weighted by Gasteiger charge is 2.37. The molecule has 0 spiro atoms. The lowest BCUT2D eigenvalue weighted by molar-refractivity contribution is -0.184. The molecule has 1 fully saturated rings. The molecule has 164 valence electrons. The van der Waals surface area contributed by atoms with E-state index >= 15 is 0 Å². The summed E-state index contributed by atoms with van der Waals surface area (Å²) in [6, 6.07) is 20.1. The fourth-order valence-electron chi connectivity index (χ4n) is 3.81. The third-order valence-electron chi connectivity index (χ3n) is 5.56. The quantitative estimate of drug-likeness (QED) is 0.468. The van der Waals surface area contributed by atoms with Crippen molar-refractivity contribution in [3.8, 4) is 16.9 Å². The number of carbonyl (C=O) groups is 2. The van der Waals surface area contributed by atoms with Crippen molar-refractivity contribution < 1.29 is 28.0 Å². The van der Waals surface area contributed by atoms with E-state index in [1.165, 1.54) is 18.2 Å². The number of rotatable bonds is 5. The maximum atomic E-state index is 13.4. The van der Waals surface area contributed by atoms with Crippen LogP contribution in [0.15, 0.2) is 82.6 Å². The molecule has 1 unspecified atom stereocenters. The van der Waals surface area contributed by atoms with Crippen molar-refractivity contribution in [2.75, 3.05) is 7.11 Å². The van der Waals surface area contributed by atoms with Crippen molar-refractivity contribution in [2.24, 2.45) is 0 Å². The van der Waals surface area contributed by atoms with Gasteiger partial charge in [0.1, 0.15) is 5.75 Å². The Morgan fingerprint density at radius 1 is 0.906 bits per heavy atom. The number of nitrogens with zero attached hydrogens (tertiary/aromatic N) is 1. The van der Waals surface area contributed by atoms with Gasteiger partial charge in [0.15, 0.2) is 0 Å². The minimum Gasteiger partial charge on any atom is -0.497 e. The molecule has 1 aliphatic heterocycles. The van der Waals surface area contributed by atoms with Crippen molar-refractivity contribution >= 4 is 21.7 Å². The van der Waals surface area contributed by atoms with Gasteiger partial charge in [-0.25, -0.2) is 8.42 Å². The van der Waals surface area contributed by atoms with Gasteiger partial charge in [0.2, 0.25) is 9.84 Å². The molecule has 4 rings (SSSR count). The topological polar surface area (TPSA) is 101 Å². The monoisotopic (exact) mass is 451 g/mol. The van der Waals surface area contributed by atoms with Gasteiger partial charge in [-0.2, -0.15) is 5.06 Å². The molecule has 3 aromatic rings. The van der Waals surface area contributed by atoms with E-state index in [-0.39, 0.29) is 33.3 Å². The predicted molar refractivity (Wildman–Crippen MR) is 116 cm³/mol. The molecule has 8 heteroatoms. The number of ether oxygens (including phenoxy) is 1. The second-order valence-electron chi connectivity index (χ2n) is 7.43. The number of amides is 2. The molecule has 2 amide bonds. The van der Waals surface area contributed by atoms with Crippen LogP contribution in [0.2, 0.25) is 0 Å². The molecular formula is C24H21NO6S. The average Bonchev–Trinajstić information content (AvgIpc) is 2.83. The molecule has 1 heterocycles. The van der Waals surface area contributed by atoms with E-state index < -0.39 is 27.6 Å². The van der Waals surface area contributed by atoms with Crippen LogP contribution in [-0.2, 0) is 19.4 Å². The van der Waals surface area contributed by atoms with Gasteiger partial charge in [0.25, 0.3) is 11.8 Å². The van der Waals surface area contributed by atoms with Crippen molar-refractivity contribution in [3.63, 3.8) is 0 Å². The zero-order valence-electron chi connectivity index (χ0n) is 17.3. The number of hydrogen-bond acceptors (Lipinski definition) is 6. The zero-order chi connectivity index (χ0) is 22.9. The van der Waals surface area contributed by atoms with Gasteiger partial charge in [-0.15, -0.1) is 0 Å². The van der Waals surface area contributed by atoms with Gasteiger partial charge in [0.05, 0.1) is 22.8 Å². The van der Waals surface area contributed by atoms with Crippen molar-refractivity contribution in [1.82, 2.24) is 5.06 Å². The Balaban J connectivity index is 1.68. The number of sulfone groups is 1. The van der Waals surface area contributed by atoms with Gasteiger partial charge >= 0.3 is 0 Å². The number of methoxy groups -OCH3 is 1. The first-order chi connectivity index (χ1) is 15.3. The van der Waals surface area contributed by atoms with Gasteiger partial charge in [-0.05, 0) is 53.4 Å². The molecule has 1 aliphatic rings. The molecule has 1 saturated heterocycles. The maximum Gasteiger partial charge on any atom is 0.260 e. The van der Waals surface area contributed by atoms with E-state index in [9.17, 15) is 23.2 Å². The first kappa shape index (κ1) is 21.7.